The maximum absolute atomic E-state index is 13.3. The van der Waals surface area contributed by atoms with E-state index in [1.807, 2.05) is 37.8 Å². The molecule has 9 nitrogen and oxygen atoms in total. The number of ether oxygens (including phenoxy) is 1. The highest BCUT2D eigenvalue weighted by Crippen LogP contribution is 2.42. The molecule has 158 valence electrons. The van der Waals surface area contributed by atoms with Gasteiger partial charge in [-0.25, -0.2) is 14.8 Å². The first-order valence-corrected chi connectivity index (χ1v) is 10.0. The highest BCUT2D eigenvalue weighted by molar-refractivity contribution is 6.08. The molecule has 9 heteroatoms. The first-order valence-electron chi connectivity index (χ1n) is 10.0. The van der Waals surface area contributed by atoms with Gasteiger partial charge in [-0.2, -0.15) is 0 Å². The Morgan fingerprint density at radius 2 is 2.00 bits per heavy atom. The molecule has 4 rings (SSSR count). The molecule has 1 atom stereocenters. The van der Waals surface area contributed by atoms with Gasteiger partial charge in [-0.15, -0.1) is 0 Å². The van der Waals surface area contributed by atoms with E-state index >= 15 is 0 Å². The van der Waals surface area contributed by atoms with Gasteiger partial charge in [0.2, 0.25) is 0 Å². The minimum absolute atomic E-state index is 0.00526. The van der Waals surface area contributed by atoms with E-state index in [-0.39, 0.29) is 18.0 Å². The quantitative estimate of drug-likeness (QED) is 0.805. The van der Waals surface area contributed by atoms with Crippen molar-refractivity contribution in [2.75, 3.05) is 41.9 Å². The molecule has 0 spiro atoms. The number of fused-ring (bicyclic) bond motifs is 3. The Hall–Kier alpha value is -3.20. The number of hydrogen-bond donors (Lipinski definition) is 2. The molecule has 2 aliphatic heterocycles. The normalized spacial score (nSPS) is 20.6. The fraction of sp³-hybridized carbons (Fsp3) is 0.429. The minimum atomic E-state index is -0.789. The smallest absolute Gasteiger partial charge is 0.318 e. The van der Waals surface area contributed by atoms with Gasteiger partial charge < -0.3 is 25.2 Å². The Morgan fingerprint density at radius 1 is 1.27 bits per heavy atom. The molecule has 3 heterocycles. The Bertz CT molecular complexity index is 977. The maximum atomic E-state index is 13.3. The molecule has 0 bridgehead atoms. The monoisotopic (exact) mass is 410 g/mol. The summed E-state index contributed by atoms with van der Waals surface area (Å²) in [6, 6.07) is 7.02. The number of amides is 3. The van der Waals surface area contributed by atoms with E-state index in [0.717, 1.165) is 17.1 Å². The van der Waals surface area contributed by atoms with Crippen LogP contribution in [0.2, 0.25) is 0 Å². The molecular formula is C21H26N6O3. The van der Waals surface area contributed by atoms with Crippen LogP contribution in [-0.4, -0.2) is 60.3 Å². The predicted octanol–water partition coefficient (Wildman–Crippen LogP) is 2.25. The lowest BCUT2D eigenvalue weighted by atomic mass is 9.93. The molecule has 1 fully saturated rings. The van der Waals surface area contributed by atoms with Crippen LogP contribution >= 0.6 is 0 Å². The van der Waals surface area contributed by atoms with E-state index in [2.05, 4.69) is 15.6 Å². The molecule has 2 aromatic rings. The maximum Gasteiger partial charge on any atom is 0.318 e. The number of benzene rings is 1. The first-order chi connectivity index (χ1) is 14.3. The Morgan fingerprint density at radius 3 is 2.67 bits per heavy atom. The standard InChI is InChI=1S/C21H26N6O3/c1-13(2)27-16-11-23-17(14-5-7-15(8-6-14)24-20(29)22-4)25-18(16)26-9-10-30-12-21(26,3)19(27)28/h5-8,11,13H,9-10,12H2,1-4H3,(H2,22,24,29). The zero-order valence-electron chi connectivity index (χ0n) is 17.6. The summed E-state index contributed by atoms with van der Waals surface area (Å²) in [5.41, 5.74) is 1.43. The molecule has 1 saturated heterocycles. The van der Waals surface area contributed by atoms with Crippen LogP contribution < -0.4 is 20.4 Å². The third-order valence-corrected chi connectivity index (χ3v) is 5.53. The summed E-state index contributed by atoms with van der Waals surface area (Å²) < 4.78 is 5.65. The van der Waals surface area contributed by atoms with Gasteiger partial charge in [-0.1, -0.05) is 0 Å². The minimum Gasteiger partial charge on any atom is -0.377 e. The molecule has 1 aromatic carbocycles. The van der Waals surface area contributed by atoms with E-state index < -0.39 is 5.54 Å². The van der Waals surface area contributed by atoms with Crippen LogP contribution in [-0.2, 0) is 9.53 Å². The third-order valence-electron chi connectivity index (χ3n) is 5.53. The second-order valence-corrected chi connectivity index (χ2v) is 7.93. The van der Waals surface area contributed by atoms with Crippen molar-refractivity contribution in [3.05, 3.63) is 30.5 Å². The fourth-order valence-corrected chi connectivity index (χ4v) is 3.92. The van der Waals surface area contributed by atoms with E-state index in [4.69, 9.17) is 9.72 Å². The number of rotatable bonds is 3. The summed E-state index contributed by atoms with van der Waals surface area (Å²) in [6.07, 6.45) is 1.72. The van der Waals surface area contributed by atoms with Crippen molar-refractivity contribution >= 4 is 29.1 Å². The van der Waals surface area contributed by atoms with Crippen molar-refractivity contribution in [2.24, 2.45) is 0 Å². The topological polar surface area (TPSA) is 99.7 Å². The molecular weight excluding hydrogens is 384 g/mol. The van der Waals surface area contributed by atoms with Crippen LogP contribution in [0.25, 0.3) is 11.4 Å². The van der Waals surface area contributed by atoms with Gasteiger partial charge in [0.15, 0.2) is 11.6 Å². The second-order valence-electron chi connectivity index (χ2n) is 7.93. The molecule has 2 N–H and O–H groups in total. The Kier molecular flexibility index (Phi) is 5.07. The number of nitrogens with zero attached hydrogens (tertiary/aromatic N) is 4. The molecule has 2 aliphatic rings. The number of hydrogen-bond acceptors (Lipinski definition) is 6. The van der Waals surface area contributed by atoms with Gasteiger partial charge in [-0.3, -0.25) is 4.79 Å². The average Bonchev–Trinajstić information content (AvgIpc) is 2.74. The number of aromatic nitrogens is 2. The van der Waals surface area contributed by atoms with Crippen LogP contribution in [0.5, 0.6) is 0 Å². The van der Waals surface area contributed by atoms with Crippen molar-refractivity contribution in [1.82, 2.24) is 15.3 Å². The highest BCUT2D eigenvalue weighted by Gasteiger charge is 2.51. The molecule has 1 aromatic heterocycles. The molecule has 30 heavy (non-hydrogen) atoms. The number of morpholine rings is 1. The summed E-state index contributed by atoms with van der Waals surface area (Å²) in [7, 11) is 1.56. The number of carbonyl (C=O) groups excluding carboxylic acids is 2. The molecule has 1 unspecified atom stereocenters. The Labute approximate surface area is 175 Å². The van der Waals surface area contributed by atoms with Crippen molar-refractivity contribution in [3.8, 4) is 11.4 Å². The van der Waals surface area contributed by atoms with Gasteiger partial charge in [0.05, 0.1) is 19.4 Å². The summed E-state index contributed by atoms with van der Waals surface area (Å²) in [4.78, 5) is 38.0. The fourth-order valence-electron chi connectivity index (χ4n) is 3.92. The van der Waals surface area contributed by atoms with Gasteiger partial charge in [-0.05, 0) is 45.0 Å². The van der Waals surface area contributed by atoms with E-state index in [0.29, 0.717) is 31.3 Å². The van der Waals surface area contributed by atoms with Crippen molar-refractivity contribution in [1.29, 1.82) is 0 Å². The molecule has 3 amide bonds. The molecule has 0 radical (unpaired) electrons. The predicted molar refractivity (Wildman–Crippen MR) is 115 cm³/mol. The second kappa shape index (κ2) is 7.56. The van der Waals surface area contributed by atoms with Crippen LogP contribution in [0.3, 0.4) is 0 Å². The van der Waals surface area contributed by atoms with Gasteiger partial charge in [0.25, 0.3) is 5.91 Å². The lowest BCUT2D eigenvalue weighted by Gasteiger charge is -2.51. The summed E-state index contributed by atoms with van der Waals surface area (Å²) >= 11 is 0. The third kappa shape index (κ3) is 3.24. The zero-order chi connectivity index (χ0) is 21.5. The largest absolute Gasteiger partial charge is 0.377 e. The van der Waals surface area contributed by atoms with Crippen LogP contribution in [0.4, 0.5) is 22.0 Å². The van der Waals surface area contributed by atoms with Crippen LogP contribution in [0, 0.1) is 0 Å². The SMILES string of the molecule is CNC(=O)Nc1ccc(-c2ncc3c(n2)N2CCOCC2(C)C(=O)N3C(C)C)cc1. The lowest BCUT2D eigenvalue weighted by molar-refractivity contribution is -0.127. The highest BCUT2D eigenvalue weighted by atomic mass is 16.5. The molecule has 0 saturated carbocycles. The summed E-state index contributed by atoms with van der Waals surface area (Å²) in [5.74, 6) is 1.31. The van der Waals surface area contributed by atoms with Crippen LogP contribution in [0.15, 0.2) is 30.5 Å². The Balaban J connectivity index is 1.74. The number of nitrogens with one attached hydrogen (secondary N) is 2. The van der Waals surface area contributed by atoms with E-state index in [1.54, 1.807) is 30.3 Å². The van der Waals surface area contributed by atoms with Gasteiger partial charge >= 0.3 is 6.03 Å². The number of anilines is 3. The van der Waals surface area contributed by atoms with Crippen LogP contribution in [0.1, 0.15) is 20.8 Å². The van der Waals surface area contributed by atoms with Crippen molar-refractivity contribution in [2.45, 2.75) is 32.4 Å². The van der Waals surface area contributed by atoms with E-state index in [1.165, 1.54) is 0 Å². The average molecular weight is 410 g/mol. The summed E-state index contributed by atoms with van der Waals surface area (Å²) in [5, 5.41) is 5.25. The van der Waals surface area contributed by atoms with Crippen molar-refractivity contribution in [3.63, 3.8) is 0 Å². The lowest BCUT2D eigenvalue weighted by Crippen LogP contribution is -2.68. The van der Waals surface area contributed by atoms with Gasteiger partial charge in [0, 0.05) is 30.9 Å². The summed E-state index contributed by atoms with van der Waals surface area (Å²) in [6.45, 7) is 7.34. The zero-order valence-corrected chi connectivity index (χ0v) is 17.6. The number of carbonyl (C=O) groups is 2. The molecule has 0 aliphatic carbocycles. The van der Waals surface area contributed by atoms with E-state index in [9.17, 15) is 9.59 Å². The number of urea groups is 1. The first kappa shape index (κ1) is 20.1. The van der Waals surface area contributed by atoms with Gasteiger partial charge in [0.1, 0.15) is 11.2 Å². The van der Waals surface area contributed by atoms with Crippen molar-refractivity contribution < 1.29 is 14.3 Å².